The van der Waals surface area contributed by atoms with Gasteiger partial charge in [0.2, 0.25) is 0 Å². The Morgan fingerprint density at radius 1 is 1.20 bits per heavy atom. The zero-order chi connectivity index (χ0) is 18.2. The lowest BCUT2D eigenvalue weighted by molar-refractivity contribution is -0.137. The van der Waals surface area contributed by atoms with Gasteiger partial charge in [0.05, 0.1) is 16.1 Å². The van der Waals surface area contributed by atoms with E-state index in [1.54, 1.807) is 35.0 Å². The molecule has 0 unspecified atom stereocenters. The summed E-state index contributed by atoms with van der Waals surface area (Å²) in [5.41, 5.74) is 5.47. The van der Waals surface area contributed by atoms with Crippen molar-refractivity contribution in [2.24, 2.45) is 5.73 Å². The summed E-state index contributed by atoms with van der Waals surface area (Å²) in [5, 5.41) is 0.892. The average molecular weight is 369 g/mol. The summed E-state index contributed by atoms with van der Waals surface area (Å²) in [6.07, 6.45) is -3.65. The third-order valence-corrected chi connectivity index (χ3v) is 3.94. The van der Waals surface area contributed by atoms with Crippen molar-refractivity contribution in [3.63, 3.8) is 0 Å². The Balaban J connectivity index is 1.95. The Kier molecular flexibility index (Phi) is 4.34. The van der Waals surface area contributed by atoms with Crippen molar-refractivity contribution in [3.05, 3.63) is 64.8 Å². The molecule has 0 fully saturated rings. The number of aromatic nitrogens is 1. The van der Waals surface area contributed by atoms with Crippen molar-refractivity contribution in [2.75, 3.05) is 0 Å². The Labute approximate surface area is 145 Å². The number of nitrogens with two attached hydrogens (primary N) is 1. The van der Waals surface area contributed by atoms with E-state index in [0.29, 0.717) is 16.5 Å². The van der Waals surface area contributed by atoms with Crippen molar-refractivity contribution in [1.82, 2.24) is 4.57 Å². The van der Waals surface area contributed by atoms with Gasteiger partial charge in [-0.2, -0.15) is 13.2 Å². The first-order chi connectivity index (χ1) is 11.7. The number of primary amides is 1. The molecule has 1 aromatic heterocycles. The number of hydrogen-bond acceptors (Lipinski definition) is 2. The Morgan fingerprint density at radius 2 is 1.96 bits per heavy atom. The van der Waals surface area contributed by atoms with Crippen LogP contribution in [0.1, 0.15) is 11.1 Å². The summed E-state index contributed by atoms with van der Waals surface area (Å²) in [5.74, 6) is 0.124. The third-order valence-electron chi connectivity index (χ3n) is 3.64. The van der Waals surface area contributed by atoms with E-state index in [-0.39, 0.29) is 17.3 Å². The van der Waals surface area contributed by atoms with Gasteiger partial charge in [0.25, 0.3) is 0 Å². The van der Waals surface area contributed by atoms with Crippen LogP contribution in [0.5, 0.6) is 5.75 Å². The maximum Gasteiger partial charge on any atom is 0.416 e. The van der Waals surface area contributed by atoms with Gasteiger partial charge in [-0.1, -0.05) is 23.7 Å². The number of hydrogen-bond donors (Lipinski definition) is 1. The van der Waals surface area contributed by atoms with Crippen LogP contribution in [-0.4, -0.2) is 10.7 Å². The highest BCUT2D eigenvalue weighted by Crippen LogP contribution is 2.32. The highest BCUT2D eigenvalue weighted by Gasteiger charge is 2.30. The minimum Gasteiger partial charge on any atom is -0.409 e. The summed E-state index contributed by atoms with van der Waals surface area (Å²) < 4.78 is 45.0. The number of carbonyl (C=O) groups is 1. The van der Waals surface area contributed by atoms with Crippen LogP contribution in [0.4, 0.5) is 18.0 Å². The Bertz CT molecular complexity index is 951. The monoisotopic (exact) mass is 368 g/mol. The standard InChI is InChI=1S/C17H12ClF3N2O2/c18-13-8-14-11(7-15(13)25-16(22)24)4-5-23(14)9-10-2-1-3-12(6-10)17(19,20)21/h1-8H,9H2,(H2,22,24). The molecule has 2 aromatic carbocycles. The molecule has 0 saturated heterocycles. The van der Waals surface area contributed by atoms with E-state index in [4.69, 9.17) is 22.1 Å². The summed E-state index contributed by atoms with van der Waals surface area (Å²) in [6, 6.07) is 9.99. The van der Waals surface area contributed by atoms with E-state index in [1.807, 2.05) is 0 Å². The van der Waals surface area contributed by atoms with E-state index in [0.717, 1.165) is 12.1 Å². The molecular weight excluding hydrogens is 357 g/mol. The molecule has 130 valence electrons. The number of ether oxygens (including phenoxy) is 1. The van der Waals surface area contributed by atoms with Crippen LogP contribution in [0.15, 0.2) is 48.7 Å². The van der Waals surface area contributed by atoms with Gasteiger partial charge in [-0.05, 0) is 35.9 Å². The highest BCUT2D eigenvalue weighted by molar-refractivity contribution is 6.33. The van der Waals surface area contributed by atoms with Gasteiger partial charge < -0.3 is 15.0 Å². The topological polar surface area (TPSA) is 57.3 Å². The normalized spacial score (nSPS) is 11.7. The first-order valence-electron chi connectivity index (χ1n) is 7.16. The fraction of sp³-hybridized carbons (Fsp3) is 0.118. The summed E-state index contributed by atoms with van der Waals surface area (Å²) in [6.45, 7) is 0.236. The van der Waals surface area contributed by atoms with E-state index < -0.39 is 17.8 Å². The average Bonchev–Trinajstić information content (AvgIpc) is 2.89. The second-order valence-electron chi connectivity index (χ2n) is 5.40. The van der Waals surface area contributed by atoms with Crippen LogP contribution >= 0.6 is 11.6 Å². The van der Waals surface area contributed by atoms with Crippen molar-refractivity contribution >= 4 is 28.6 Å². The molecule has 0 aliphatic carbocycles. The lowest BCUT2D eigenvalue weighted by Crippen LogP contribution is -2.16. The number of benzene rings is 2. The van der Waals surface area contributed by atoms with Gasteiger partial charge in [-0.25, -0.2) is 4.79 Å². The molecule has 0 atom stereocenters. The molecule has 0 spiro atoms. The molecule has 3 aromatic rings. The Hall–Kier alpha value is -2.67. The van der Waals surface area contributed by atoms with Gasteiger partial charge in [-0.3, -0.25) is 0 Å². The SMILES string of the molecule is NC(=O)Oc1cc2ccn(Cc3cccc(C(F)(F)F)c3)c2cc1Cl. The Morgan fingerprint density at radius 3 is 2.64 bits per heavy atom. The van der Waals surface area contributed by atoms with E-state index in [1.165, 1.54) is 6.07 Å². The van der Waals surface area contributed by atoms with Crippen molar-refractivity contribution in [1.29, 1.82) is 0 Å². The molecule has 1 heterocycles. The van der Waals surface area contributed by atoms with Crippen LogP contribution in [0.25, 0.3) is 10.9 Å². The van der Waals surface area contributed by atoms with Crippen LogP contribution in [0.2, 0.25) is 5.02 Å². The van der Waals surface area contributed by atoms with Crippen LogP contribution in [-0.2, 0) is 12.7 Å². The number of fused-ring (bicyclic) bond motifs is 1. The number of alkyl halides is 3. The maximum atomic E-state index is 12.8. The molecule has 2 N–H and O–H groups in total. The number of amides is 1. The molecule has 4 nitrogen and oxygen atoms in total. The van der Waals surface area contributed by atoms with Crippen molar-refractivity contribution in [3.8, 4) is 5.75 Å². The van der Waals surface area contributed by atoms with E-state index in [2.05, 4.69) is 0 Å². The predicted molar refractivity (Wildman–Crippen MR) is 87.7 cm³/mol. The third kappa shape index (κ3) is 3.71. The second kappa shape index (κ2) is 6.33. The molecule has 0 radical (unpaired) electrons. The highest BCUT2D eigenvalue weighted by atomic mass is 35.5. The number of rotatable bonds is 3. The molecular formula is C17H12ClF3N2O2. The molecule has 0 bridgehead atoms. The van der Waals surface area contributed by atoms with Gasteiger partial charge in [0.1, 0.15) is 0 Å². The molecule has 0 aliphatic rings. The largest absolute Gasteiger partial charge is 0.416 e. The second-order valence-corrected chi connectivity index (χ2v) is 5.81. The van der Waals surface area contributed by atoms with Crippen molar-refractivity contribution < 1.29 is 22.7 Å². The zero-order valence-electron chi connectivity index (χ0n) is 12.7. The van der Waals surface area contributed by atoms with Crippen LogP contribution in [0.3, 0.4) is 0 Å². The van der Waals surface area contributed by atoms with E-state index in [9.17, 15) is 18.0 Å². The van der Waals surface area contributed by atoms with Gasteiger partial charge >= 0.3 is 12.3 Å². The van der Waals surface area contributed by atoms with Crippen LogP contribution < -0.4 is 10.5 Å². The number of nitrogens with zero attached hydrogens (tertiary/aromatic N) is 1. The molecule has 25 heavy (non-hydrogen) atoms. The van der Waals surface area contributed by atoms with Crippen LogP contribution in [0, 0.1) is 0 Å². The fourth-order valence-electron chi connectivity index (χ4n) is 2.56. The van der Waals surface area contributed by atoms with Gasteiger partial charge in [-0.15, -0.1) is 0 Å². The molecule has 3 rings (SSSR count). The quantitative estimate of drug-likeness (QED) is 0.720. The lowest BCUT2D eigenvalue weighted by atomic mass is 10.1. The molecule has 0 aliphatic heterocycles. The zero-order valence-corrected chi connectivity index (χ0v) is 13.4. The predicted octanol–water partition coefficient (Wildman–Crippen LogP) is 4.82. The lowest BCUT2D eigenvalue weighted by Gasteiger charge is -2.11. The maximum absolute atomic E-state index is 12.8. The first-order valence-corrected chi connectivity index (χ1v) is 7.53. The first kappa shape index (κ1) is 17.2. The van der Waals surface area contributed by atoms with Crippen molar-refractivity contribution in [2.45, 2.75) is 12.7 Å². The summed E-state index contributed by atoms with van der Waals surface area (Å²) >= 11 is 6.07. The van der Waals surface area contributed by atoms with Gasteiger partial charge in [0.15, 0.2) is 5.75 Å². The number of carbonyl (C=O) groups excluding carboxylic acids is 1. The van der Waals surface area contributed by atoms with Gasteiger partial charge in [0, 0.05) is 18.1 Å². The minimum absolute atomic E-state index is 0.124. The molecule has 0 saturated carbocycles. The minimum atomic E-state index is -4.39. The summed E-state index contributed by atoms with van der Waals surface area (Å²) in [7, 11) is 0. The smallest absolute Gasteiger partial charge is 0.409 e. The molecule has 1 amide bonds. The fourth-order valence-corrected chi connectivity index (χ4v) is 2.76. The summed E-state index contributed by atoms with van der Waals surface area (Å²) in [4.78, 5) is 10.9. The molecule has 8 heteroatoms. The number of halogens is 4. The van der Waals surface area contributed by atoms with E-state index >= 15 is 0 Å².